The number of ether oxygens (including phenoxy) is 2. The average molecular weight is 549 g/mol. The van der Waals surface area contributed by atoms with Gasteiger partial charge in [-0.2, -0.15) is 0 Å². The molecule has 39 heavy (non-hydrogen) atoms. The standard InChI is InChI=1S/C29H32N4O5S/c1-20(2)38-27(36)17-16-26(35)37-19-39-29(33-24-13-7-11-23-12-8-18-30-28(23)24)32-21(3)31-25(34)15-14-22-9-5-4-6-10-22/h4-15,18,20-21H,16-17,19H2,1-3H3,(H,31,34)(H,32,33)/b15-14+. The predicted molar refractivity (Wildman–Crippen MR) is 155 cm³/mol. The van der Waals surface area contributed by atoms with Gasteiger partial charge >= 0.3 is 11.9 Å². The number of nitrogens with zero attached hydrogens (tertiary/aromatic N) is 2. The fourth-order valence-corrected chi connectivity index (χ4v) is 4.09. The van der Waals surface area contributed by atoms with Gasteiger partial charge in [-0.15, -0.1) is 0 Å². The van der Waals surface area contributed by atoms with E-state index in [1.54, 1.807) is 33.0 Å². The summed E-state index contributed by atoms with van der Waals surface area (Å²) in [4.78, 5) is 45.3. The van der Waals surface area contributed by atoms with E-state index in [-0.39, 0.29) is 30.8 Å². The minimum atomic E-state index is -0.586. The molecule has 0 bridgehead atoms. The zero-order chi connectivity index (χ0) is 28.0. The van der Waals surface area contributed by atoms with Crippen LogP contribution in [0.25, 0.3) is 17.0 Å². The van der Waals surface area contributed by atoms with Crippen LogP contribution in [0.2, 0.25) is 0 Å². The summed E-state index contributed by atoms with van der Waals surface area (Å²) in [6, 6.07) is 19.0. The summed E-state index contributed by atoms with van der Waals surface area (Å²) >= 11 is 1.15. The average Bonchev–Trinajstić information content (AvgIpc) is 2.91. The number of hydrogen-bond acceptors (Lipinski definition) is 8. The zero-order valence-electron chi connectivity index (χ0n) is 22.1. The second-order valence-corrected chi connectivity index (χ2v) is 9.60. The van der Waals surface area contributed by atoms with Crippen molar-refractivity contribution in [2.24, 2.45) is 4.99 Å². The summed E-state index contributed by atoms with van der Waals surface area (Å²) in [5, 5.41) is 7.42. The van der Waals surface area contributed by atoms with Gasteiger partial charge in [0.2, 0.25) is 5.91 Å². The molecule has 204 valence electrons. The van der Waals surface area contributed by atoms with Crippen molar-refractivity contribution in [2.75, 3.05) is 11.3 Å². The molecule has 0 saturated carbocycles. The molecule has 1 aromatic heterocycles. The van der Waals surface area contributed by atoms with Crippen LogP contribution < -0.4 is 10.6 Å². The van der Waals surface area contributed by atoms with Gasteiger partial charge in [-0.3, -0.25) is 19.4 Å². The molecular weight excluding hydrogens is 516 g/mol. The van der Waals surface area contributed by atoms with E-state index in [4.69, 9.17) is 9.47 Å². The van der Waals surface area contributed by atoms with E-state index < -0.39 is 18.1 Å². The van der Waals surface area contributed by atoms with Gasteiger partial charge in [0, 0.05) is 17.7 Å². The van der Waals surface area contributed by atoms with E-state index >= 15 is 0 Å². The Morgan fingerprint density at radius 1 is 0.974 bits per heavy atom. The molecule has 2 aromatic carbocycles. The maximum absolute atomic E-state index is 12.4. The van der Waals surface area contributed by atoms with Crippen molar-refractivity contribution in [3.05, 3.63) is 78.5 Å². The molecule has 1 atom stereocenters. The first-order valence-corrected chi connectivity index (χ1v) is 13.5. The fraction of sp³-hybridized carbons (Fsp3) is 0.276. The third-order valence-corrected chi connectivity index (χ3v) is 5.80. The molecule has 0 aliphatic rings. The van der Waals surface area contributed by atoms with Gasteiger partial charge in [-0.25, -0.2) is 4.99 Å². The second kappa shape index (κ2) is 15.3. The highest BCUT2D eigenvalue weighted by Gasteiger charge is 2.13. The number of carbonyl (C=O) groups excluding carboxylic acids is 3. The van der Waals surface area contributed by atoms with Crippen LogP contribution in [-0.4, -0.2) is 46.2 Å². The highest BCUT2D eigenvalue weighted by atomic mass is 32.2. The third-order valence-electron chi connectivity index (χ3n) is 5.08. The number of pyridine rings is 1. The molecule has 1 heterocycles. The Morgan fingerprint density at radius 3 is 2.49 bits per heavy atom. The first kappa shape index (κ1) is 29.4. The molecule has 10 heteroatoms. The predicted octanol–water partition coefficient (Wildman–Crippen LogP) is 5.14. The lowest BCUT2D eigenvalue weighted by Crippen LogP contribution is -2.31. The van der Waals surface area contributed by atoms with Crippen molar-refractivity contribution in [3.8, 4) is 0 Å². The minimum Gasteiger partial charge on any atom is -0.463 e. The molecule has 0 fully saturated rings. The molecular formula is C29H32N4O5S. The summed E-state index contributed by atoms with van der Waals surface area (Å²) in [7, 11) is 0. The Labute approximate surface area is 232 Å². The van der Waals surface area contributed by atoms with E-state index in [2.05, 4.69) is 20.6 Å². The number of amidine groups is 1. The highest BCUT2D eigenvalue weighted by Crippen LogP contribution is 2.22. The maximum Gasteiger partial charge on any atom is 0.307 e. The smallest absolute Gasteiger partial charge is 0.307 e. The van der Waals surface area contributed by atoms with Gasteiger partial charge in [0.25, 0.3) is 0 Å². The molecule has 0 radical (unpaired) electrons. The molecule has 1 amide bonds. The number of carbonyl (C=O) groups is 3. The maximum atomic E-state index is 12.4. The lowest BCUT2D eigenvalue weighted by molar-refractivity contribution is -0.151. The van der Waals surface area contributed by atoms with Gasteiger partial charge in [-0.1, -0.05) is 48.5 Å². The molecule has 0 aliphatic carbocycles. The van der Waals surface area contributed by atoms with E-state index in [1.807, 2.05) is 60.7 Å². The summed E-state index contributed by atoms with van der Waals surface area (Å²) in [5.74, 6) is -1.32. The second-order valence-electron chi connectivity index (χ2n) is 8.69. The van der Waals surface area contributed by atoms with Crippen LogP contribution >= 0.6 is 11.8 Å². The number of nitrogens with one attached hydrogen (secondary N) is 2. The third kappa shape index (κ3) is 10.6. The van der Waals surface area contributed by atoms with Crippen LogP contribution in [0.4, 0.5) is 5.69 Å². The van der Waals surface area contributed by atoms with E-state index in [9.17, 15) is 14.4 Å². The van der Waals surface area contributed by atoms with Crippen LogP contribution in [0.5, 0.6) is 0 Å². The first-order chi connectivity index (χ1) is 18.8. The van der Waals surface area contributed by atoms with E-state index in [0.717, 1.165) is 28.2 Å². The Balaban J connectivity index is 1.65. The SMILES string of the molecule is CC(N=C(Nc1cccc2cccnc12)SCOC(=O)CCC(=O)OC(C)C)NC(=O)/C=C/c1ccccc1. The number of fused-ring (bicyclic) bond motifs is 1. The highest BCUT2D eigenvalue weighted by molar-refractivity contribution is 8.14. The fourth-order valence-electron chi connectivity index (χ4n) is 3.37. The molecule has 2 N–H and O–H groups in total. The number of hydrogen-bond donors (Lipinski definition) is 2. The van der Waals surface area contributed by atoms with Crippen LogP contribution in [0.15, 0.2) is 77.9 Å². The Morgan fingerprint density at radius 2 is 1.72 bits per heavy atom. The van der Waals surface area contributed by atoms with Crippen molar-refractivity contribution >= 4 is 57.4 Å². The topological polar surface area (TPSA) is 119 Å². The van der Waals surface area contributed by atoms with Crippen molar-refractivity contribution in [1.82, 2.24) is 10.3 Å². The number of rotatable bonds is 11. The van der Waals surface area contributed by atoms with Gasteiger partial charge in [0.05, 0.1) is 30.1 Å². The number of para-hydroxylation sites is 1. The quantitative estimate of drug-likeness (QED) is 0.111. The number of anilines is 1. The van der Waals surface area contributed by atoms with Gasteiger partial charge in [0.1, 0.15) is 12.1 Å². The Bertz CT molecular complexity index is 1320. The summed E-state index contributed by atoms with van der Waals surface area (Å²) in [5.41, 5.74) is 2.37. The van der Waals surface area contributed by atoms with Gasteiger partial charge < -0.3 is 20.1 Å². The number of aliphatic imine (C=N–C) groups is 1. The van der Waals surface area contributed by atoms with Crippen LogP contribution in [0.1, 0.15) is 39.2 Å². The Kier molecular flexibility index (Phi) is 11.5. The summed E-state index contributed by atoms with van der Waals surface area (Å²) in [6.07, 6.45) is 3.90. The van der Waals surface area contributed by atoms with Crippen molar-refractivity contribution in [3.63, 3.8) is 0 Å². The minimum absolute atomic E-state index is 0.0450. The lowest BCUT2D eigenvalue weighted by Gasteiger charge is -2.15. The number of thioether (sulfide) groups is 1. The van der Waals surface area contributed by atoms with Crippen LogP contribution in [0.3, 0.4) is 0 Å². The number of benzene rings is 2. The molecule has 0 aliphatic heterocycles. The molecule has 0 saturated heterocycles. The molecule has 3 rings (SSSR count). The largest absolute Gasteiger partial charge is 0.463 e. The van der Waals surface area contributed by atoms with Crippen LogP contribution in [-0.2, 0) is 23.9 Å². The molecule has 0 spiro atoms. The Hall–Kier alpha value is -4.18. The summed E-state index contributed by atoms with van der Waals surface area (Å²) in [6.45, 7) is 5.23. The van der Waals surface area contributed by atoms with Crippen molar-refractivity contribution in [2.45, 2.75) is 45.9 Å². The molecule has 1 unspecified atom stereocenters. The first-order valence-electron chi connectivity index (χ1n) is 12.5. The van der Waals surface area contributed by atoms with Crippen molar-refractivity contribution < 1.29 is 23.9 Å². The lowest BCUT2D eigenvalue weighted by atomic mass is 10.2. The number of esters is 2. The van der Waals surface area contributed by atoms with Gasteiger partial charge in [0.15, 0.2) is 5.17 Å². The monoisotopic (exact) mass is 548 g/mol. The van der Waals surface area contributed by atoms with E-state index in [0.29, 0.717) is 10.9 Å². The normalized spacial score (nSPS) is 12.4. The van der Waals surface area contributed by atoms with Gasteiger partial charge in [-0.05, 0) is 56.3 Å². The zero-order valence-corrected chi connectivity index (χ0v) is 22.9. The van der Waals surface area contributed by atoms with Crippen molar-refractivity contribution in [1.29, 1.82) is 0 Å². The number of amides is 1. The van der Waals surface area contributed by atoms with E-state index in [1.165, 1.54) is 6.08 Å². The molecule has 3 aromatic rings. The number of aromatic nitrogens is 1. The summed E-state index contributed by atoms with van der Waals surface area (Å²) < 4.78 is 10.3. The van der Waals surface area contributed by atoms with Crippen LogP contribution in [0, 0.1) is 0 Å². The molecule has 9 nitrogen and oxygen atoms in total.